The van der Waals surface area contributed by atoms with Crippen molar-refractivity contribution >= 4 is 12.0 Å². The number of piperidine rings is 1. The van der Waals surface area contributed by atoms with E-state index in [1.165, 1.54) is 32.4 Å². The van der Waals surface area contributed by atoms with Gasteiger partial charge in [0.2, 0.25) is 5.91 Å². The van der Waals surface area contributed by atoms with Crippen LogP contribution in [-0.2, 0) is 9.53 Å². The standard InChI is InChI=1S/C24H37N3O3/c1-24(2,3)30-23(29)27-18-13-22(28)26(17-10-16-25-14-8-5-9-15-25)19-21(27)20-11-6-4-7-12-20/h4,6-7,11-12,21H,5,8-10,13-19H2,1-3H3/t21-/m0/s1. The summed E-state index contributed by atoms with van der Waals surface area (Å²) in [5.74, 6) is 0.126. The van der Waals surface area contributed by atoms with Gasteiger partial charge in [-0.3, -0.25) is 9.69 Å². The van der Waals surface area contributed by atoms with Crippen LogP contribution in [0.1, 0.15) is 64.5 Å². The van der Waals surface area contributed by atoms with E-state index in [1.54, 1.807) is 4.90 Å². The molecule has 0 unspecified atom stereocenters. The zero-order valence-corrected chi connectivity index (χ0v) is 18.8. The van der Waals surface area contributed by atoms with Crippen molar-refractivity contribution in [3.05, 3.63) is 35.9 Å². The number of nitrogens with zero attached hydrogens (tertiary/aromatic N) is 3. The van der Waals surface area contributed by atoms with E-state index >= 15 is 0 Å². The lowest BCUT2D eigenvalue weighted by atomic mass is 10.1. The maximum atomic E-state index is 13.0. The van der Waals surface area contributed by atoms with Crippen molar-refractivity contribution in [2.75, 3.05) is 39.3 Å². The molecule has 0 spiro atoms. The van der Waals surface area contributed by atoms with Gasteiger partial charge in [0.25, 0.3) is 0 Å². The van der Waals surface area contributed by atoms with Crippen LogP contribution in [0, 0.1) is 0 Å². The van der Waals surface area contributed by atoms with Crippen molar-refractivity contribution < 1.29 is 14.3 Å². The Balaban J connectivity index is 1.70. The average molecular weight is 416 g/mol. The second-order valence-corrected chi connectivity index (χ2v) is 9.45. The van der Waals surface area contributed by atoms with E-state index in [1.807, 2.05) is 56.0 Å². The van der Waals surface area contributed by atoms with Gasteiger partial charge in [-0.25, -0.2) is 4.79 Å². The van der Waals surface area contributed by atoms with E-state index in [9.17, 15) is 9.59 Å². The van der Waals surface area contributed by atoms with E-state index in [0.29, 0.717) is 19.5 Å². The first kappa shape index (κ1) is 22.6. The minimum absolute atomic E-state index is 0.126. The van der Waals surface area contributed by atoms with Crippen molar-refractivity contribution in [1.29, 1.82) is 0 Å². The lowest BCUT2D eigenvalue weighted by molar-refractivity contribution is -0.130. The number of hydrogen-bond donors (Lipinski definition) is 0. The number of rotatable bonds is 5. The van der Waals surface area contributed by atoms with E-state index in [4.69, 9.17) is 4.74 Å². The van der Waals surface area contributed by atoms with Crippen LogP contribution in [0.15, 0.2) is 30.3 Å². The summed E-state index contributed by atoms with van der Waals surface area (Å²) in [6.07, 6.45) is 4.86. The molecule has 2 fully saturated rings. The van der Waals surface area contributed by atoms with Crippen LogP contribution in [0.4, 0.5) is 4.79 Å². The summed E-state index contributed by atoms with van der Waals surface area (Å²) >= 11 is 0. The third kappa shape index (κ3) is 6.46. The third-order valence-electron chi connectivity index (χ3n) is 5.85. The zero-order chi connectivity index (χ0) is 21.6. The molecule has 2 aliphatic rings. The van der Waals surface area contributed by atoms with Gasteiger partial charge in [-0.15, -0.1) is 0 Å². The molecule has 0 aliphatic carbocycles. The van der Waals surface area contributed by atoms with Gasteiger partial charge >= 0.3 is 6.09 Å². The van der Waals surface area contributed by atoms with E-state index in [2.05, 4.69) is 4.90 Å². The Morgan fingerprint density at radius 1 is 1.03 bits per heavy atom. The Morgan fingerprint density at radius 2 is 1.73 bits per heavy atom. The molecule has 0 radical (unpaired) electrons. The predicted molar refractivity (Wildman–Crippen MR) is 118 cm³/mol. The number of ether oxygens (including phenoxy) is 1. The second kappa shape index (κ2) is 10.3. The molecule has 30 heavy (non-hydrogen) atoms. The number of likely N-dealkylation sites (tertiary alicyclic amines) is 1. The lowest BCUT2D eigenvalue weighted by Gasteiger charge is -2.34. The molecule has 1 aromatic carbocycles. The molecule has 6 nitrogen and oxygen atoms in total. The van der Waals surface area contributed by atoms with Crippen LogP contribution in [0.5, 0.6) is 0 Å². The molecule has 3 rings (SSSR count). The smallest absolute Gasteiger partial charge is 0.410 e. The molecule has 0 bridgehead atoms. The summed E-state index contributed by atoms with van der Waals surface area (Å²) in [4.78, 5) is 32.0. The molecule has 1 aromatic rings. The fraction of sp³-hybridized carbons (Fsp3) is 0.667. The van der Waals surface area contributed by atoms with Crippen LogP contribution in [0.25, 0.3) is 0 Å². The number of benzene rings is 1. The first-order chi connectivity index (χ1) is 14.3. The maximum absolute atomic E-state index is 13.0. The van der Waals surface area contributed by atoms with E-state index in [0.717, 1.165) is 25.1 Å². The highest BCUT2D eigenvalue weighted by atomic mass is 16.6. The molecule has 0 saturated carbocycles. The Labute approximate surface area is 181 Å². The monoisotopic (exact) mass is 415 g/mol. The number of carbonyl (C=O) groups is 2. The Hall–Kier alpha value is -2.08. The molecule has 166 valence electrons. The van der Waals surface area contributed by atoms with Crippen molar-refractivity contribution in [3.63, 3.8) is 0 Å². The summed E-state index contributed by atoms with van der Waals surface area (Å²) in [6.45, 7) is 10.6. The van der Waals surface area contributed by atoms with Gasteiger partial charge in [0.1, 0.15) is 5.60 Å². The summed E-state index contributed by atoms with van der Waals surface area (Å²) < 4.78 is 5.67. The number of hydrogen-bond acceptors (Lipinski definition) is 4. The largest absolute Gasteiger partial charge is 0.444 e. The topological polar surface area (TPSA) is 53.1 Å². The molecule has 0 N–H and O–H groups in total. The normalized spacial score (nSPS) is 21.4. The fourth-order valence-corrected chi connectivity index (χ4v) is 4.32. The predicted octanol–water partition coefficient (Wildman–Crippen LogP) is 4.07. The summed E-state index contributed by atoms with van der Waals surface area (Å²) in [7, 11) is 0. The van der Waals surface area contributed by atoms with Crippen molar-refractivity contribution in [2.24, 2.45) is 0 Å². The minimum atomic E-state index is -0.567. The highest BCUT2D eigenvalue weighted by Gasteiger charge is 2.35. The van der Waals surface area contributed by atoms with Crippen LogP contribution in [-0.4, -0.2) is 71.6 Å². The maximum Gasteiger partial charge on any atom is 0.410 e. The first-order valence-corrected chi connectivity index (χ1v) is 11.4. The Kier molecular flexibility index (Phi) is 7.75. The van der Waals surface area contributed by atoms with Crippen molar-refractivity contribution in [2.45, 2.75) is 64.5 Å². The lowest BCUT2D eigenvalue weighted by Crippen LogP contribution is -2.42. The molecule has 0 aromatic heterocycles. The van der Waals surface area contributed by atoms with Crippen LogP contribution in [0.3, 0.4) is 0 Å². The number of carbonyl (C=O) groups excluding carboxylic acids is 2. The molecule has 6 heteroatoms. The van der Waals surface area contributed by atoms with Crippen LogP contribution >= 0.6 is 0 Å². The quantitative estimate of drug-likeness (QED) is 0.727. The molecule has 2 amide bonds. The van der Waals surface area contributed by atoms with E-state index in [-0.39, 0.29) is 18.0 Å². The average Bonchev–Trinajstić information content (AvgIpc) is 2.88. The van der Waals surface area contributed by atoms with Gasteiger partial charge < -0.3 is 14.5 Å². The summed E-state index contributed by atoms with van der Waals surface area (Å²) in [5.41, 5.74) is 0.474. The zero-order valence-electron chi connectivity index (χ0n) is 18.8. The minimum Gasteiger partial charge on any atom is -0.444 e. The molecule has 2 heterocycles. The van der Waals surface area contributed by atoms with Gasteiger partial charge in [0.05, 0.1) is 6.04 Å². The van der Waals surface area contributed by atoms with Crippen LogP contribution in [0.2, 0.25) is 0 Å². The summed E-state index contributed by atoms with van der Waals surface area (Å²) in [6, 6.07) is 9.81. The fourth-order valence-electron chi connectivity index (χ4n) is 4.32. The van der Waals surface area contributed by atoms with Crippen molar-refractivity contribution in [1.82, 2.24) is 14.7 Å². The Bertz CT molecular complexity index is 695. The molecule has 2 aliphatic heterocycles. The summed E-state index contributed by atoms with van der Waals surface area (Å²) in [5, 5.41) is 0. The molecular formula is C24H37N3O3. The third-order valence-corrected chi connectivity index (χ3v) is 5.85. The molecule has 1 atom stereocenters. The van der Waals surface area contributed by atoms with Gasteiger partial charge in [0, 0.05) is 26.1 Å². The Morgan fingerprint density at radius 3 is 2.40 bits per heavy atom. The van der Waals surface area contributed by atoms with Gasteiger partial charge in [-0.05, 0) is 65.2 Å². The second-order valence-electron chi connectivity index (χ2n) is 9.45. The first-order valence-electron chi connectivity index (χ1n) is 11.4. The van der Waals surface area contributed by atoms with Crippen LogP contribution < -0.4 is 0 Å². The van der Waals surface area contributed by atoms with Gasteiger partial charge in [-0.1, -0.05) is 36.8 Å². The highest BCUT2D eigenvalue weighted by molar-refractivity contribution is 5.78. The SMILES string of the molecule is CC(C)(C)OC(=O)N1CCC(=O)N(CCCN2CCCCC2)C[C@H]1c1ccccc1. The number of amides is 2. The van der Waals surface area contributed by atoms with Crippen molar-refractivity contribution in [3.8, 4) is 0 Å². The highest BCUT2D eigenvalue weighted by Crippen LogP contribution is 2.27. The molecular weight excluding hydrogens is 378 g/mol. The molecule has 2 saturated heterocycles. The van der Waals surface area contributed by atoms with E-state index < -0.39 is 5.60 Å². The van der Waals surface area contributed by atoms with Gasteiger partial charge in [-0.2, -0.15) is 0 Å². The van der Waals surface area contributed by atoms with Gasteiger partial charge in [0.15, 0.2) is 0 Å².